The maximum atomic E-state index is 11.6. The van der Waals surface area contributed by atoms with Crippen molar-refractivity contribution in [3.8, 4) is 5.75 Å². The fourth-order valence-electron chi connectivity index (χ4n) is 1.48. The lowest BCUT2D eigenvalue weighted by molar-refractivity contribution is 0.200. The molecule has 5 heteroatoms. The molecule has 1 rings (SSSR count). The quantitative estimate of drug-likeness (QED) is 0.550. The minimum absolute atomic E-state index is 0.569. The lowest BCUT2D eigenvalue weighted by Crippen LogP contribution is -2.08. The summed E-state index contributed by atoms with van der Waals surface area (Å²) >= 11 is 0. The number of anilines is 1. The summed E-state index contributed by atoms with van der Waals surface area (Å²) in [6.45, 7) is 1.24. The molecule has 4 nitrogen and oxygen atoms in total. The highest BCUT2D eigenvalue weighted by atomic mass is 32.2. The summed E-state index contributed by atoms with van der Waals surface area (Å²) in [5.41, 5.74) is 6.33. The number of ether oxygens (including phenoxy) is 2. The molecular weight excluding hydrogens is 250 g/mol. The van der Waals surface area contributed by atoms with E-state index in [4.69, 9.17) is 15.2 Å². The molecule has 0 aliphatic rings. The number of methoxy groups -OCH3 is 1. The fraction of sp³-hybridized carbons (Fsp3) is 0.538. The van der Waals surface area contributed by atoms with Crippen molar-refractivity contribution in [2.45, 2.75) is 12.8 Å². The Balaban J connectivity index is 2.09. The molecule has 0 radical (unpaired) electrons. The third-order valence-corrected chi connectivity index (χ3v) is 3.85. The van der Waals surface area contributed by atoms with E-state index >= 15 is 0 Å². The fourth-order valence-corrected chi connectivity index (χ4v) is 2.56. The van der Waals surface area contributed by atoms with Crippen LogP contribution in [0.25, 0.3) is 0 Å². The maximum absolute atomic E-state index is 11.6. The molecule has 1 aromatic carbocycles. The Labute approximate surface area is 111 Å². The summed E-state index contributed by atoms with van der Waals surface area (Å²) in [4.78, 5) is 0. The highest BCUT2D eigenvalue weighted by Crippen LogP contribution is 2.14. The Morgan fingerprint density at radius 1 is 1.22 bits per heavy atom. The van der Waals surface area contributed by atoms with Gasteiger partial charge >= 0.3 is 0 Å². The summed E-state index contributed by atoms with van der Waals surface area (Å²) in [6, 6.07) is 7.33. The average Bonchev–Trinajstić information content (AvgIpc) is 2.35. The Bertz CT molecular complexity index is 371. The summed E-state index contributed by atoms with van der Waals surface area (Å²) in [7, 11) is 0.887. The van der Waals surface area contributed by atoms with Crippen LogP contribution in [0.2, 0.25) is 0 Å². The molecule has 1 aromatic rings. The van der Waals surface area contributed by atoms with Gasteiger partial charge in [-0.1, -0.05) is 6.07 Å². The van der Waals surface area contributed by atoms with Crippen molar-refractivity contribution in [1.82, 2.24) is 0 Å². The standard InChI is InChI=1S/C13H21NO3S/c1-16-7-3-9-18(15)10-4-8-17-13-6-2-5-12(14)11-13/h2,5-6,11H,3-4,7-10,14H2,1H3. The maximum Gasteiger partial charge on any atom is 0.121 e. The van der Waals surface area contributed by atoms with Gasteiger partial charge < -0.3 is 15.2 Å². The van der Waals surface area contributed by atoms with Crippen molar-refractivity contribution in [2.75, 3.05) is 37.6 Å². The highest BCUT2D eigenvalue weighted by Gasteiger charge is 2.00. The zero-order valence-electron chi connectivity index (χ0n) is 10.8. The Kier molecular flexibility index (Phi) is 7.44. The van der Waals surface area contributed by atoms with Gasteiger partial charge in [0.2, 0.25) is 0 Å². The second-order valence-electron chi connectivity index (χ2n) is 3.97. The molecule has 0 heterocycles. The van der Waals surface area contributed by atoms with Crippen molar-refractivity contribution in [1.29, 1.82) is 0 Å². The molecule has 18 heavy (non-hydrogen) atoms. The van der Waals surface area contributed by atoms with Crippen molar-refractivity contribution in [2.24, 2.45) is 0 Å². The monoisotopic (exact) mass is 271 g/mol. The molecule has 0 amide bonds. The lowest BCUT2D eigenvalue weighted by Gasteiger charge is -2.06. The number of benzene rings is 1. The van der Waals surface area contributed by atoms with E-state index in [1.54, 1.807) is 13.2 Å². The number of hydrogen-bond acceptors (Lipinski definition) is 4. The molecule has 1 atom stereocenters. The molecule has 0 saturated heterocycles. The molecular formula is C13H21NO3S. The van der Waals surface area contributed by atoms with E-state index in [2.05, 4.69) is 0 Å². The van der Waals surface area contributed by atoms with Gasteiger partial charge in [-0.15, -0.1) is 0 Å². The topological polar surface area (TPSA) is 61.5 Å². The van der Waals surface area contributed by atoms with Gasteiger partial charge in [0.15, 0.2) is 0 Å². The van der Waals surface area contributed by atoms with Crippen LogP contribution in [0.5, 0.6) is 5.75 Å². The van der Waals surface area contributed by atoms with E-state index in [1.807, 2.05) is 18.2 Å². The molecule has 0 fully saturated rings. The minimum Gasteiger partial charge on any atom is -0.493 e. The van der Waals surface area contributed by atoms with Gasteiger partial charge in [0.05, 0.1) is 6.61 Å². The zero-order chi connectivity index (χ0) is 13.2. The van der Waals surface area contributed by atoms with Crippen LogP contribution in [0.1, 0.15) is 12.8 Å². The first-order chi connectivity index (χ1) is 8.72. The van der Waals surface area contributed by atoms with Gasteiger partial charge in [-0.25, -0.2) is 0 Å². The normalized spacial score (nSPS) is 12.3. The molecule has 0 aliphatic carbocycles. The number of nitrogen functional groups attached to an aromatic ring is 1. The summed E-state index contributed by atoms with van der Waals surface area (Å²) in [6.07, 6.45) is 1.63. The van der Waals surface area contributed by atoms with Gasteiger partial charge in [0.25, 0.3) is 0 Å². The van der Waals surface area contributed by atoms with Gasteiger partial charge in [-0.2, -0.15) is 0 Å². The Hall–Kier alpha value is -1.07. The smallest absolute Gasteiger partial charge is 0.121 e. The first-order valence-electron chi connectivity index (χ1n) is 6.04. The third kappa shape index (κ3) is 6.61. The molecule has 0 saturated carbocycles. The zero-order valence-corrected chi connectivity index (χ0v) is 11.6. The van der Waals surface area contributed by atoms with E-state index < -0.39 is 10.8 Å². The SMILES string of the molecule is COCCCS(=O)CCCOc1cccc(N)c1. The van der Waals surface area contributed by atoms with E-state index in [0.717, 1.165) is 18.6 Å². The van der Waals surface area contributed by atoms with E-state index in [1.165, 1.54) is 0 Å². The van der Waals surface area contributed by atoms with Crippen molar-refractivity contribution < 1.29 is 13.7 Å². The van der Waals surface area contributed by atoms with E-state index in [0.29, 0.717) is 30.4 Å². The molecule has 0 spiro atoms. The summed E-state index contributed by atoms with van der Waals surface area (Å²) in [5, 5.41) is 0. The molecule has 0 bridgehead atoms. The van der Waals surface area contributed by atoms with Crippen LogP contribution in [0.15, 0.2) is 24.3 Å². The van der Waals surface area contributed by atoms with Crippen LogP contribution < -0.4 is 10.5 Å². The predicted octanol–water partition coefficient (Wildman–Crippen LogP) is 1.82. The second kappa shape index (κ2) is 8.94. The number of nitrogens with two attached hydrogens (primary N) is 1. The van der Waals surface area contributed by atoms with Gasteiger partial charge in [0, 0.05) is 47.8 Å². The van der Waals surface area contributed by atoms with Crippen LogP contribution >= 0.6 is 0 Å². The lowest BCUT2D eigenvalue weighted by atomic mass is 10.3. The third-order valence-electron chi connectivity index (χ3n) is 2.36. The molecule has 2 N–H and O–H groups in total. The Morgan fingerprint density at radius 3 is 2.61 bits per heavy atom. The van der Waals surface area contributed by atoms with Gasteiger partial charge in [-0.05, 0) is 25.0 Å². The summed E-state index contributed by atoms with van der Waals surface area (Å²) in [5.74, 6) is 2.14. The van der Waals surface area contributed by atoms with Crippen LogP contribution in [0, 0.1) is 0 Å². The Morgan fingerprint density at radius 2 is 1.94 bits per heavy atom. The van der Waals surface area contributed by atoms with Crippen LogP contribution in [0.4, 0.5) is 5.69 Å². The van der Waals surface area contributed by atoms with Crippen molar-refractivity contribution in [3.05, 3.63) is 24.3 Å². The van der Waals surface area contributed by atoms with Crippen LogP contribution in [-0.4, -0.2) is 36.0 Å². The first kappa shape index (κ1) is 15.0. The summed E-state index contributed by atoms with van der Waals surface area (Å²) < 4.78 is 22.0. The number of rotatable bonds is 9. The molecule has 0 aromatic heterocycles. The minimum atomic E-state index is -0.768. The van der Waals surface area contributed by atoms with Crippen molar-refractivity contribution >= 4 is 16.5 Å². The first-order valence-corrected chi connectivity index (χ1v) is 7.53. The van der Waals surface area contributed by atoms with Crippen LogP contribution in [-0.2, 0) is 15.5 Å². The van der Waals surface area contributed by atoms with E-state index in [9.17, 15) is 4.21 Å². The average molecular weight is 271 g/mol. The largest absolute Gasteiger partial charge is 0.493 e. The van der Waals surface area contributed by atoms with Crippen LogP contribution in [0.3, 0.4) is 0 Å². The number of hydrogen-bond donors (Lipinski definition) is 1. The van der Waals surface area contributed by atoms with Gasteiger partial charge in [0.1, 0.15) is 5.75 Å². The molecule has 102 valence electrons. The van der Waals surface area contributed by atoms with E-state index in [-0.39, 0.29) is 0 Å². The van der Waals surface area contributed by atoms with Crippen molar-refractivity contribution in [3.63, 3.8) is 0 Å². The van der Waals surface area contributed by atoms with Gasteiger partial charge in [-0.3, -0.25) is 4.21 Å². The second-order valence-corrected chi connectivity index (χ2v) is 5.67. The molecule has 1 unspecified atom stereocenters. The molecule has 0 aliphatic heterocycles. The predicted molar refractivity (Wildman–Crippen MR) is 75.3 cm³/mol. The highest BCUT2D eigenvalue weighted by molar-refractivity contribution is 7.84.